The molecule has 0 spiro atoms. The van der Waals surface area contributed by atoms with Gasteiger partial charge in [-0.2, -0.15) is 0 Å². The van der Waals surface area contributed by atoms with E-state index in [9.17, 15) is 14.4 Å². The van der Waals surface area contributed by atoms with Gasteiger partial charge in [0.2, 0.25) is 5.91 Å². The molecule has 1 N–H and O–H groups in total. The van der Waals surface area contributed by atoms with Crippen molar-refractivity contribution in [3.8, 4) is 0 Å². The lowest BCUT2D eigenvalue weighted by Gasteiger charge is -2.16. The summed E-state index contributed by atoms with van der Waals surface area (Å²) in [7, 11) is 1.45. The number of carbonyl (C=O) groups is 3. The van der Waals surface area contributed by atoms with Gasteiger partial charge in [0.1, 0.15) is 0 Å². The number of amides is 2. The number of thiophene rings is 1. The van der Waals surface area contributed by atoms with Crippen LogP contribution < -0.4 is 5.32 Å². The zero-order valence-corrected chi connectivity index (χ0v) is 15.5. The van der Waals surface area contributed by atoms with Gasteiger partial charge in [-0.05, 0) is 29.7 Å². The molecule has 0 saturated heterocycles. The molecular formula is C18H17ClN2O4S. The van der Waals surface area contributed by atoms with E-state index in [1.165, 1.54) is 29.4 Å². The van der Waals surface area contributed by atoms with Gasteiger partial charge < -0.3 is 15.0 Å². The first-order valence-electron chi connectivity index (χ1n) is 7.62. The van der Waals surface area contributed by atoms with Crippen molar-refractivity contribution in [2.75, 3.05) is 25.5 Å². The molecule has 2 aromatic rings. The van der Waals surface area contributed by atoms with Gasteiger partial charge in [-0.15, -0.1) is 11.3 Å². The van der Waals surface area contributed by atoms with Crippen LogP contribution in [-0.4, -0.2) is 42.9 Å². The highest BCUT2D eigenvalue weighted by Gasteiger charge is 2.15. The predicted octanol–water partition coefficient (Wildman–Crippen LogP) is 3.06. The van der Waals surface area contributed by atoms with Crippen molar-refractivity contribution < 1.29 is 19.1 Å². The second-order valence-electron chi connectivity index (χ2n) is 5.23. The largest absolute Gasteiger partial charge is 0.452 e. The molecule has 0 aliphatic carbocycles. The Morgan fingerprint density at radius 3 is 2.69 bits per heavy atom. The number of anilines is 1. The maximum atomic E-state index is 12.0. The lowest BCUT2D eigenvalue weighted by Crippen LogP contribution is -2.37. The molecular weight excluding hydrogens is 376 g/mol. The number of ether oxygens (including phenoxy) is 1. The minimum absolute atomic E-state index is 0.188. The van der Waals surface area contributed by atoms with Gasteiger partial charge in [0, 0.05) is 18.0 Å². The monoisotopic (exact) mass is 392 g/mol. The number of benzene rings is 1. The number of nitrogens with one attached hydrogen (secondary N) is 1. The summed E-state index contributed by atoms with van der Waals surface area (Å²) in [5.41, 5.74) is 0.463. The molecule has 1 heterocycles. The minimum atomic E-state index is -0.624. The van der Waals surface area contributed by atoms with E-state index in [2.05, 4.69) is 5.32 Å². The Kier molecular flexibility index (Phi) is 7.37. The summed E-state index contributed by atoms with van der Waals surface area (Å²) in [4.78, 5) is 37.6. The summed E-state index contributed by atoms with van der Waals surface area (Å²) in [6, 6.07) is 10.5. The van der Waals surface area contributed by atoms with E-state index in [1.807, 2.05) is 17.5 Å². The van der Waals surface area contributed by atoms with Crippen LogP contribution >= 0.6 is 22.9 Å². The lowest BCUT2D eigenvalue weighted by atomic mass is 10.3. The van der Waals surface area contributed by atoms with Crippen molar-refractivity contribution in [2.24, 2.45) is 0 Å². The highest BCUT2D eigenvalue weighted by molar-refractivity contribution is 7.10. The van der Waals surface area contributed by atoms with Gasteiger partial charge in [0.15, 0.2) is 6.61 Å². The van der Waals surface area contributed by atoms with Gasteiger partial charge >= 0.3 is 5.97 Å². The highest BCUT2D eigenvalue weighted by Crippen LogP contribution is 2.20. The van der Waals surface area contributed by atoms with Crippen molar-refractivity contribution >= 4 is 52.5 Å². The normalized spacial score (nSPS) is 10.5. The Labute approximate surface area is 160 Å². The number of hydrogen-bond donors (Lipinski definition) is 1. The van der Waals surface area contributed by atoms with Crippen molar-refractivity contribution in [1.29, 1.82) is 0 Å². The molecule has 0 unspecified atom stereocenters. The maximum Gasteiger partial charge on any atom is 0.331 e. The quantitative estimate of drug-likeness (QED) is 0.580. The molecule has 0 fully saturated rings. The second-order valence-corrected chi connectivity index (χ2v) is 6.62. The molecule has 136 valence electrons. The third-order valence-corrected chi connectivity index (χ3v) is 4.39. The van der Waals surface area contributed by atoms with E-state index in [1.54, 1.807) is 30.3 Å². The van der Waals surface area contributed by atoms with Crippen molar-refractivity contribution in [3.63, 3.8) is 0 Å². The molecule has 6 nitrogen and oxygen atoms in total. The third kappa shape index (κ3) is 6.34. The number of carbonyl (C=O) groups excluding carboxylic acids is 3. The van der Waals surface area contributed by atoms with Gasteiger partial charge in [-0.3, -0.25) is 9.59 Å². The van der Waals surface area contributed by atoms with Crippen LogP contribution in [0.25, 0.3) is 6.08 Å². The maximum absolute atomic E-state index is 12.0. The SMILES string of the molecule is CN(CC(=O)Nc1ccccc1Cl)C(=O)COC(=O)C=Cc1cccs1. The topological polar surface area (TPSA) is 75.7 Å². The van der Waals surface area contributed by atoms with Crippen molar-refractivity contribution in [3.05, 3.63) is 57.8 Å². The molecule has 1 aromatic heterocycles. The number of hydrogen-bond acceptors (Lipinski definition) is 5. The standard InChI is InChI=1S/C18H17ClN2O4S/c1-21(11-16(22)20-15-7-3-2-6-14(15)19)17(23)12-25-18(24)9-8-13-5-4-10-26-13/h2-10H,11-12H2,1H3,(H,20,22). The number of rotatable bonds is 7. The van der Waals surface area contributed by atoms with Crippen molar-refractivity contribution in [1.82, 2.24) is 4.90 Å². The zero-order valence-electron chi connectivity index (χ0n) is 14.0. The molecule has 0 aliphatic rings. The van der Waals surface area contributed by atoms with Gasteiger partial charge in [-0.1, -0.05) is 29.8 Å². The number of halogens is 1. The Hall–Kier alpha value is -2.64. The van der Waals surface area contributed by atoms with Crippen LogP contribution in [0.1, 0.15) is 4.88 Å². The van der Waals surface area contributed by atoms with Gasteiger partial charge in [-0.25, -0.2) is 4.79 Å². The van der Waals surface area contributed by atoms with E-state index < -0.39 is 24.4 Å². The summed E-state index contributed by atoms with van der Waals surface area (Å²) in [5, 5.41) is 4.90. The fourth-order valence-electron chi connectivity index (χ4n) is 1.88. The number of likely N-dealkylation sites (N-methyl/N-ethyl adjacent to an activating group) is 1. The van der Waals surface area contributed by atoms with Crippen LogP contribution in [0, 0.1) is 0 Å². The fourth-order valence-corrected chi connectivity index (χ4v) is 2.68. The van der Waals surface area contributed by atoms with Crippen molar-refractivity contribution in [2.45, 2.75) is 0 Å². The van der Waals surface area contributed by atoms with Crippen LogP contribution in [0.5, 0.6) is 0 Å². The third-order valence-electron chi connectivity index (χ3n) is 3.22. The summed E-state index contributed by atoms with van der Waals surface area (Å²) < 4.78 is 4.88. The molecule has 2 amide bonds. The highest BCUT2D eigenvalue weighted by atomic mass is 35.5. The Balaban J connectivity index is 1.75. The first-order chi connectivity index (χ1) is 12.5. The molecule has 0 radical (unpaired) electrons. The summed E-state index contributed by atoms with van der Waals surface area (Å²) >= 11 is 7.44. The van der Waals surface area contributed by atoms with Crippen LogP contribution in [0.3, 0.4) is 0 Å². The Morgan fingerprint density at radius 2 is 2.00 bits per heavy atom. The van der Waals surface area contributed by atoms with Crippen LogP contribution in [-0.2, 0) is 19.1 Å². The van der Waals surface area contributed by atoms with E-state index in [0.717, 1.165) is 4.88 Å². The molecule has 2 rings (SSSR count). The molecule has 0 atom stereocenters. The average Bonchev–Trinajstić information content (AvgIpc) is 3.13. The van der Waals surface area contributed by atoms with Crippen LogP contribution in [0.4, 0.5) is 5.69 Å². The van der Waals surface area contributed by atoms with Crippen LogP contribution in [0.15, 0.2) is 47.9 Å². The molecule has 26 heavy (non-hydrogen) atoms. The van der Waals surface area contributed by atoms with Gasteiger partial charge in [0.25, 0.3) is 5.91 Å². The molecule has 0 saturated carbocycles. The number of esters is 1. The van der Waals surface area contributed by atoms with E-state index in [-0.39, 0.29) is 6.54 Å². The molecule has 0 bridgehead atoms. The predicted molar refractivity (Wildman–Crippen MR) is 102 cm³/mol. The Morgan fingerprint density at radius 1 is 1.23 bits per heavy atom. The smallest absolute Gasteiger partial charge is 0.331 e. The average molecular weight is 393 g/mol. The van der Waals surface area contributed by atoms with Crippen LogP contribution in [0.2, 0.25) is 5.02 Å². The summed E-state index contributed by atoms with van der Waals surface area (Å²) in [6.45, 7) is -0.629. The van der Waals surface area contributed by atoms with E-state index >= 15 is 0 Å². The lowest BCUT2D eigenvalue weighted by molar-refractivity contribution is -0.148. The number of para-hydroxylation sites is 1. The number of nitrogens with zero attached hydrogens (tertiary/aromatic N) is 1. The van der Waals surface area contributed by atoms with E-state index in [4.69, 9.17) is 16.3 Å². The minimum Gasteiger partial charge on any atom is -0.452 e. The molecule has 8 heteroatoms. The Bertz CT molecular complexity index is 805. The second kappa shape index (κ2) is 9.74. The first kappa shape index (κ1) is 19.7. The fraction of sp³-hybridized carbons (Fsp3) is 0.167. The summed E-state index contributed by atoms with van der Waals surface area (Å²) in [5.74, 6) is -1.52. The van der Waals surface area contributed by atoms with E-state index in [0.29, 0.717) is 10.7 Å². The van der Waals surface area contributed by atoms with Gasteiger partial charge in [0.05, 0.1) is 17.3 Å². The summed E-state index contributed by atoms with van der Waals surface area (Å²) in [6.07, 6.45) is 2.86. The molecule has 0 aliphatic heterocycles. The zero-order chi connectivity index (χ0) is 18.9. The molecule has 1 aromatic carbocycles. The first-order valence-corrected chi connectivity index (χ1v) is 8.88.